The van der Waals surface area contributed by atoms with Gasteiger partial charge in [0, 0.05) is 0 Å². The highest BCUT2D eigenvalue weighted by Gasteiger charge is 2.38. The minimum atomic E-state index is -0.954. The van der Waals surface area contributed by atoms with Crippen molar-refractivity contribution in [1.82, 2.24) is 9.97 Å². The quantitative estimate of drug-likeness (QED) is 0.835. The zero-order chi connectivity index (χ0) is 14.0. The van der Waals surface area contributed by atoms with E-state index in [4.69, 9.17) is 28.3 Å². The van der Waals surface area contributed by atoms with Crippen LogP contribution < -0.4 is 5.32 Å². The van der Waals surface area contributed by atoms with Gasteiger partial charge in [0.25, 0.3) is 0 Å². The number of nitrogens with zero attached hydrogens (tertiary/aromatic N) is 2. The number of carbonyl (C=O) groups is 2. The van der Waals surface area contributed by atoms with Crippen molar-refractivity contribution < 1.29 is 14.7 Å². The van der Waals surface area contributed by atoms with Crippen LogP contribution in [-0.2, 0) is 9.59 Å². The Morgan fingerprint density at radius 1 is 1.26 bits per heavy atom. The van der Waals surface area contributed by atoms with E-state index in [9.17, 15) is 9.59 Å². The Balaban J connectivity index is 2.13. The molecule has 2 atom stereocenters. The minimum absolute atomic E-state index is 0.0353. The summed E-state index contributed by atoms with van der Waals surface area (Å²) in [5.74, 6) is -2.48. The van der Waals surface area contributed by atoms with Crippen molar-refractivity contribution in [3.8, 4) is 0 Å². The summed E-state index contributed by atoms with van der Waals surface area (Å²) in [5, 5.41) is 11.6. The Bertz CT molecular complexity index is 524. The molecular weight excluding hydrogens is 293 g/mol. The van der Waals surface area contributed by atoms with Crippen molar-refractivity contribution in [2.45, 2.75) is 19.3 Å². The Hall–Kier alpha value is -1.40. The lowest BCUT2D eigenvalue weighted by Crippen LogP contribution is -2.30. The van der Waals surface area contributed by atoms with Gasteiger partial charge in [-0.15, -0.1) is 0 Å². The van der Waals surface area contributed by atoms with E-state index in [1.165, 1.54) is 6.33 Å². The number of hydrogen-bond donors (Lipinski definition) is 2. The number of aliphatic carboxylic acids is 1. The molecule has 0 bridgehead atoms. The maximum absolute atomic E-state index is 12.1. The number of amides is 1. The smallest absolute Gasteiger partial charge is 0.307 e. The largest absolute Gasteiger partial charge is 0.481 e. The number of halogens is 2. The third kappa shape index (κ3) is 2.96. The van der Waals surface area contributed by atoms with E-state index in [0.717, 1.165) is 0 Å². The molecule has 0 saturated heterocycles. The van der Waals surface area contributed by atoms with Gasteiger partial charge in [-0.25, -0.2) is 9.97 Å². The van der Waals surface area contributed by atoms with Crippen molar-refractivity contribution in [3.05, 3.63) is 16.5 Å². The molecule has 0 aliphatic heterocycles. The third-order valence-corrected chi connectivity index (χ3v) is 3.90. The molecule has 1 aliphatic rings. The second kappa shape index (κ2) is 5.71. The van der Waals surface area contributed by atoms with Crippen molar-refractivity contribution in [2.75, 3.05) is 5.32 Å². The van der Waals surface area contributed by atoms with Crippen molar-refractivity contribution in [3.63, 3.8) is 0 Å². The molecule has 1 heterocycles. The van der Waals surface area contributed by atoms with Crippen LogP contribution in [0.1, 0.15) is 19.3 Å². The van der Waals surface area contributed by atoms with Gasteiger partial charge in [-0.3, -0.25) is 9.59 Å². The molecule has 1 aromatic rings. The molecule has 1 amide bonds. The number of hydrogen-bond acceptors (Lipinski definition) is 4. The van der Waals surface area contributed by atoms with E-state index in [1.54, 1.807) is 0 Å². The highest BCUT2D eigenvalue weighted by atomic mass is 35.5. The molecule has 19 heavy (non-hydrogen) atoms. The first-order valence-electron chi connectivity index (χ1n) is 5.70. The fourth-order valence-electron chi connectivity index (χ4n) is 2.21. The van der Waals surface area contributed by atoms with E-state index in [1.807, 2.05) is 0 Å². The molecule has 0 aromatic carbocycles. The molecule has 1 saturated carbocycles. The van der Waals surface area contributed by atoms with E-state index in [0.29, 0.717) is 19.3 Å². The predicted octanol–water partition coefficient (Wildman–Crippen LogP) is 2.22. The van der Waals surface area contributed by atoms with Crippen molar-refractivity contribution >= 4 is 40.9 Å². The van der Waals surface area contributed by atoms with Crippen LogP contribution in [0.2, 0.25) is 10.2 Å². The van der Waals surface area contributed by atoms with Gasteiger partial charge in [-0.1, -0.05) is 29.6 Å². The highest BCUT2D eigenvalue weighted by Crippen LogP contribution is 2.33. The number of aromatic nitrogens is 2. The molecule has 6 nitrogen and oxygen atoms in total. The lowest BCUT2D eigenvalue weighted by Gasteiger charge is -2.15. The molecule has 0 spiro atoms. The van der Waals surface area contributed by atoms with Gasteiger partial charge in [0.2, 0.25) is 5.91 Å². The number of anilines is 1. The van der Waals surface area contributed by atoms with Crippen LogP contribution in [0.25, 0.3) is 0 Å². The summed E-state index contributed by atoms with van der Waals surface area (Å²) >= 11 is 11.6. The lowest BCUT2D eigenvalue weighted by atomic mass is 9.95. The van der Waals surface area contributed by atoms with E-state index >= 15 is 0 Å². The van der Waals surface area contributed by atoms with Crippen molar-refractivity contribution in [1.29, 1.82) is 0 Å². The summed E-state index contributed by atoms with van der Waals surface area (Å²) in [6.07, 6.45) is 2.94. The van der Waals surface area contributed by atoms with Crippen LogP contribution in [0.15, 0.2) is 6.33 Å². The topological polar surface area (TPSA) is 92.2 Å². The van der Waals surface area contributed by atoms with Crippen molar-refractivity contribution in [2.24, 2.45) is 11.8 Å². The fourth-order valence-corrected chi connectivity index (χ4v) is 2.49. The van der Waals surface area contributed by atoms with E-state index < -0.39 is 23.7 Å². The molecule has 102 valence electrons. The van der Waals surface area contributed by atoms with Gasteiger partial charge in [0.05, 0.1) is 11.8 Å². The molecule has 0 radical (unpaired) electrons. The Morgan fingerprint density at radius 3 is 2.63 bits per heavy atom. The number of carboxylic acids is 1. The van der Waals surface area contributed by atoms with E-state index in [2.05, 4.69) is 15.3 Å². The number of carbonyl (C=O) groups excluding carboxylic acids is 1. The van der Waals surface area contributed by atoms with Crippen LogP contribution in [0.3, 0.4) is 0 Å². The number of rotatable bonds is 3. The molecule has 2 rings (SSSR count). The normalized spacial score (nSPS) is 22.2. The monoisotopic (exact) mass is 303 g/mol. The minimum Gasteiger partial charge on any atom is -0.481 e. The second-order valence-electron chi connectivity index (χ2n) is 4.30. The Labute approximate surface area is 119 Å². The summed E-state index contributed by atoms with van der Waals surface area (Å²) < 4.78 is 0. The summed E-state index contributed by atoms with van der Waals surface area (Å²) in [6.45, 7) is 0. The standard InChI is InChI=1S/C11H11Cl2N3O3/c12-7-8(13)14-4-15-9(7)16-10(17)5-2-1-3-6(5)11(18)19/h4-6H,1-3H2,(H,18,19)(H,14,15,16,17)/t5-,6+/m1/s1. The highest BCUT2D eigenvalue weighted by molar-refractivity contribution is 6.42. The molecular formula is C11H11Cl2N3O3. The average molecular weight is 304 g/mol. The predicted molar refractivity (Wildman–Crippen MR) is 69.1 cm³/mol. The van der Waals surface area contributed by atoms with Crippen LogP contribution in [0, 0.1) is 11.8 Å². The van der Waals surface area contributed by atoms with Gasteiger partial charge in [-0.05, 0) is 12.8 Å². The Morgan fingerprint density at radius 2 is 1.95 bits per heavy atom. The lowest BCUT2D eigenvalue weighted by molar-refractivity contribution is -0.145. The van der Waals surface area contributed by atoms with Gasteiger partial charge >= 0.3 is 5.97 Å². The van der Waals surface area contributed by atoms with Crippen LogP contribution in [0.5, 0.6) is 0 Å². The van der Waals surface area contributed by atoms with Crippen LogP contribution in [0.4, 0.5) is 5.82 Å². The van der Waals surface area contributed by atoms with Gasteiger partial charge < -0.3 is 10.4 Å². The van der Waals surface area contributed by atoms with Crippen LogP contribution >= 0.6 is 23.2 Å². The number of carboxylic acid groups (broad SMARTS) is 1. The summed E-state index contributed by atoms with van der Waals surface area (Å²) in [6, 6.07) is 0. The van der Waals surface area contributed by atoms with Gasteiger partial charge in [-0.2, -0.15) is 0 Å². The summed E-state index contributed by atoms with van der Waals surface area (Å²) in [7, 11) is 0. The molecule has 1 aliphatic carbocycles. The zero-order valence-corrected chi connectivity index (χ0v) is 11.3. The van der Waals surface area contributed by atoms with Crippen LogP contribution in [-0.4, -0.2) is 27.0 Å². The molecule has 1 fully saturated rings. The number of nitrogens with one attached hydrogen (secondary N) is 1. The van der Waals surface area contributed by atoms with Gasteiger partial charge in [0.1, 0.15) is 11.3 Å². The second-order valence-corrected chi connectivity index (χ2v) is 5.03. The first-order valence-corrected chi connectivity index (χ1v) is 6.46. The molecule has 8 heteroatoms. The third-order valence-electron chi connectivity index (χ3n) is 3.16. The first kappa shape index (κ1) is 14.0. The van der Waals surface area contributed by atoms with Gasteiger partial charge in [0.15, 0.2) is 11.0 Å². The Kier molecular flexibility index (Phi) is 4.21. The average Bonchev–Trinajstić information content (AvgIpc) is 2.84. The molecule has 1 aromatic heterocycles. The maximum atomic E-state index is 12.1. The SMILES string of the molecule is O=C(O)[C@H]1CCC[C@H]1C(=O)Nc1ncnc(Cl)c1Cl. The zero-order valence-electron chi connectivity index (χ0n) is 9.77. The molecule has 2 N–H and O–H groups in total. The fraction of sp³-hybridized carbons (Fsp3) is 0.455. The summed E-state index contributed by atoms with van der Waals surface area (Å²) in [5.41, 5.74) is 0. The first-order chi connectivity index (χ1) is 9.00. The summed E-state index contributed by atoms with van der Waals surface area (Å²) in [4.78, 5) is 30.6. The molecule has 0 unspecified atom stereocenters. The van der Waals surface area contributed by atoms with E-state index in [-0.39, 0.29) is 16.0 Å². The maximum Gasteiger partial charge on any atom is 0.307 e.